The predicted octanol–water partition coefficient (Wildman–Crippen LogP) is 4.51. The zero-order valence-electron chi connectivity index (χ0n) is 15.3. The molecule has 0 radical (unpaired) electrons. The zero-order valence-corrected chi connectivity index (χ0v) is 16.9. The lowest BCUT2D eigenvalue weighted by Crippen LogP contribution is -2.28. The van der Waals surface area contributed by atoms with Crippen molar-refractivity contribution >= 4 is 51.7 Å². The molecule has 5 nitrogen and oxygen atoms in total. The Morgan fingerprint density at radius 3 is 2.56 bits per heavy atom. The van der Waals surface area contributed by atoms with Gasteiger partial charge in [-0.25, -0.2) is 4.99 Å². The highest BCUT2D eigenvalue weighted by atomic mass is 35.5. The van der Waals surface area contributed by atoms with Crippen LogP contribution in [0.25, 0.3) is 0 Å². The van der Waals surface area contributed by atoms with Gasteiger partial charge in [-0.2, -0.15) is 0 Å². The molecule has 2 aromatic carbocycles. The smallest absolute Gasteiger partial charge is 0.240 e. The van der Waals surface area contributed by atoms with E-state index in [0.717, 1.165) is 22.4 Å². The monoisotopic (exact) mass is 401 g/mol. The summed E-state index contributed by atoms with van der Waals surface area (Å²) in [4.78, 5) is 29.0. The van der Waals surface area contributed by atoms with Crippen LogP contribution in [0.1, 0.15) is 23.1 Å². The molecule has 1 aliphatic rings. The number of amidine groups is 1. The summed E-state index contributed by atoms with van der Waals surface area (Å²) in [7, 11) is 0. The van der Waals surface area contributed by atoms with Gasteiger partial charge in [-0.05, 0) is 61.7 Å². The van der Waals surface area contributed by atoms with Gasteiger partial charge in [-0.3, -0.25) is 9.59 Å². The Bertz CT molecular complexity index is 923. The maximum absolute atomic E-state index is 12.3. The second kappa shape index (κ2) is 8.15. The van der Waals surface area contributed by atoms with Crippen LogP contribution in [-0.4, -0.2) is 22.2 Å². The summed E-state index contributed by atoms with van der Waals surface area (Å²) >= 11 is 7.35. The quantitative estimate of drug-likeness (QED) is 0.791. The summed E-state index contributed by atoms with van der Waals surface area (Å²) in [5.74, 6) is -0.449. The maximum atomic E-state index is 12.3. The molecule has 7 heteroatoms. The number of carbonyl (C=O) groups excluding carboxylic acids is 2. The Morgan fingerprint density at radius 2 is 1.89 bits per heavy atom. The second-order valence-electron chi connectivity index (χ2n) is 6.57. The first-order valence-electron chi connectivity index (χ1n) is 8.50. The van der Waals surface area contributed by atoms with Crippen molar-refractivity contribution in [3.63, 3.8) is 0 Å². The number of amides is 2. The highest BCUT2D eigenvalue weighted by Gasteiger charge is 2.32. The van der Waals surface area contributed by atoms with Crippen molar-refractivity contribution in [3.05, 3.63) is 58.1 Å². The molecule has 1 fully saturated rings. The lowest BCUT2D eigenvalue weighted by molar-refractivity contribution is -0.122. The van der Waals surface area contributed by atoms with Crippen LogP contribution < -0.4 is 10.6 Å². The Labute approximate surface area is 167 Å². The van der Waals surface area contributed by atoms with Gasteiger partial charge in [0, 0.05) is 17.1 Å². The molecule has 0 aromatic heterocycles. The van der Waals surface area contributed by atoms with Crippen molar-refractivity contribution in [1.82, 2.24) is 5.32 Å². The van der Waals surface area contributed by atoms with Gasteiger partial charge in [0.2, 0.25) is 11.8 Å². The first-order valence-corrected chi connectivity index (χ1v) is 9.76. The van der Waals surface area contributed by atoms with Crippen LogP contribution in [0.3, 0.4) is 0 Å². The summed E-state index contributed by atoms with van der Waals surface area (Å²) in [5.41, 5.74) is 4.55. The van der Waals surface area contributed by atoms with Gasteiger partial charge in [0.1, 0.15) is 5.25 Å². The molecular formula is C20H20ClN3O2S. The highest BCUT2D eigenvalue weighted by molar-refractivity contribution is 8.15. The highest BCUT2D eigenvalue weighted by Crippen LogP contribution is 2.27. The molecule has 1 atom stereocenters. The Balaban J connectivity index is 1.64. The van der Waals surface area contributed by atoms with Crippen LogP contribution in [0.15, 0.2) is 41.4 Å². The molecule has 2 amide bonds. The van der Waals surface area contributed by atoms with Crippen molar-refractivity contribution in [2.45, 2.75) is 32.4 Å². The van der Waals surface area contributed by atoms with Crippen LogP contribution in [-0.2, 0) is 9.59 Å². The number of nitrogens with zero attached hydrogens (tertiary/aromatic N) is 1. The zero-order chi connectivity index (χ0) is 19.6. The molecule has 1 aliphatic heterocycles. The fourth-order valence-electron chi connectivity index (χ4n) is 2.78. The number of hydrogen-bond donors (Lipinski definition) is 2. The molecule has 0 aliphatic carbocycles. The van der Waals surface area contributed by atoms with Crippen molar-refractivity contribution in [2.24, 2.45) is 4.99 Å². The lowest BCUT2D eigenvalue weighted by atomic mass is 10.1. The minimum absolute atomic E-state index is 0.0634. The Kier molecular flexibility index (Phi) is 5.87. The van der Waals surface area contributed by atoms with Gasteiger partial charge in [-0.15, -0.1) is 0 Å². The summed E-state index contributed by atoms with van der Waals surface area (Å²) in [6.45, 7) is 5.90. The standard InChI is InChI=1S/C20H20ClN3O2S/c1-11-6-12(2)8-15(7-11)23-20-24-19(26)17(27-20)10-18(25)22-14-5-4-13(3)16(21)9-14/h4-9,17H,10H2,1-3H3,(H,22,25)(H,23,24,26)/t17-/m1/s1. The van der Waals surface area contributed by atoms with E-state index in [1.54, 1.807) is 12.1 Å². The number of aryl methyl sites for hydroxylation is 3. The third kappa shape index (κ3) is 5.11. The molecule has 0 saturated carbocycles. The molecule has 0 unspecified atom stereocenters. The van der Waals surface area contributed by atoms with Gasteiger partial charge in [0.05, 0.1) is 5.69 Å². The molecule has 1 heterocycles. The van der Waals surface area contributed by atoms with E-state index in [9.17, 15) is 9.59 Å². The third-order valence-corrected chi connectivity index (χ3v) is 5.53. The van der Waals surface area contributed by atoms with Gasteiger partial charge in [0.15, 0.2) is 5.17 Å². The van der Waals surface area contributed by atoms with Crippen molar-refractivity contribution in [3.8, 4) is 0 Å². The van der Waals surface area contributed by atoms with E-state index in [0.29, 0.717) is 15.9 Å². The van der Waals surface area contributed by atoms with E-state index in [1.165, 1.54) is 11.8 Å². The van der Waals surface area contributed by atoms with Gasteiger partial charge >= 0.3 is 0 Å². The number of benzene rings is 2. The largest absolute Gasteiger partial charge is 0.326 e. The summed E-state index contributed by atoms with van der Waals surface area (Å²) in [5, 5.41) is 6.13. The molecule has 0 bridgehead atoms. The number of thioether (sulfide) groups is 1. The van der Waals surface area contributed by atoms with Gasteiger partial charge < -0.3 is 10.6 Å². The summed E-state index contributed by atoms with van der Waals surface area (Å²) in [6, 6.07) is 11.3. The average Bonchev–Trinajstić information content (AvgIpc) is 2.89. The van der Waals surface area contributed by atoms with E-state index in [4.69, 9.17) is 11.6 Å². The molecule has 1 saturated heterocycles. The molecule has 3 rings (SSSR count). The first-order chi connectivity index (χ1) is 12.8. The Morgan fingerprint density at radius 1 is 1.19 bits per heavy atom. The molecule has 27 heavy (non-hydrogen) atoms. The van der Waals surface area contributed by atoms with Crippen molar-refractivity contribution in [2.75, 3.05) is 5.32 Å². The SMILES string of the molecule is Cc1cc(C)cc(N=C2NC(=O)[C@@H](CC(=O)Nc3ccc(C)c(Cl)c3)S2)c1. The van der Waals surface area contributed by atoms with Crippen LogP contribution >= 0.6 is 23.4 Å². The molecular weight excluding hydrogens is 382 g/mol. The van der Waals surface area contributed by atoms with Crippen LogP contribution in [0.2, 0.25) is 5.02 Å². The minimum atomic E-state index is -0.504. The fraction of sp³-hybridized carbons (Fsp3) is 0.250. The molecule has 2 N–H and O–H groups in total. The molecule has 0 spiro atoms. The van der Waals surface area contributed by atoms with Crippen LogP contribution in [0.4, 0.5) is 11.4 Å². The summed E-state index contributed by atoms with van der Waals surface area (Å²) < 4.78 is 0. The lowest BCUT2D eigenvalue weighted by Gasteiger charge is -2.08. The van der Waals surface area contributed by atoms with Crippen LogP contribution in [0, 0.1) is 20.8 Å². The number of halogens is 1. The van der Waals surface area contributed by atoms with Gasteiger partial charge in [0.25, 0.3) is 0 Å². The minimum Gasteiger partial charge on any atom is -0.326 e. The number of rotatable bonds is 4. The van der Waals surface area contributed by atoms with E-state index in [1.807, 2.05) is 39.0 Å². The number of nitrogens with one attached hydrogen (secondary N) is 2. The molecule has 140 valence electrons. The van der Waals surface area contributed by atoms with Crippen LogP contribution in [0.5, 0.6) is 0 Å². The van der Waals surface area contributed by atoms with E-state index in [-0.39, 0.29) is 18.2 Å². The second-order valence-corrected chi connectivity index (χ2v) is 8.17. The first kappa shape index (κ1) is 19.5. The van der Waals surface area contributed by atoms with Crippen molar-refractivity contribution in [1.29, 1.82) is 0 Å². The van der Waals surface area contributed by atoms with E-state index >= 15 is 0 Å². The summed E-state index contributed by atoms with van der Waals surface area (Å²) in [6.07, 6.45) is 0.0634. The number of anilines is 1. The number of hydrogen-bond acceptors (Lipinski definition) is 4. The average molecular weight is 402 g/mol. The van der Waals surface area contributed by atoms with Gasteiger partial charge in [-0.1, -0.05) is 35.5 Å². The van der Waals surface area contributed by atoms with Crippen molar-refractivity contribution < 1.29 is 9.59 Å². The maximum Gasteiger partial charge on any atom is 0.240 e. The van der Waals surface area contributed by atoms with E-state index < -0.39 is 5.25 Å². The topological polar surface area (TPSA) is 70.6 Å². The number of carbonyl (C=O) groups is 2. The third-order valence-electron chi connectivity index (χ3n) is 4.04. The number of aliphatic imine (C=N–C) groups is 1. The molecule has 2 aromatic rings. The fourth-order valence-corrected chi connectivity index (χ4v) is 3.94. The Hall–Kier alpha value is -2.31. The normalized spacial score (nSPS) is 17.9. The predicted molar refractivity (Wildman–Crippen MR) is 112 cm³/mol. The van der Waals surface area contributed by atoms with E-state index in [2.05, 4.69) is 21.7 Å².